The maximum absolute atomic E-state index is 13.8. The molecule has 1 heterocycles. The fourth-order valence-corrected chi connectivity index (χ4v) is 5.03. The fourth-order valence-electron chi connectivity index (χ4n) is 5.03. The van der Waals surface area contributed by atoms with Crippen LogP contribution in [0.1, 0.15) is 56.7 Å². The number of benzene rings is 3. The highest BCUT2D eigenvalue weighted by atomic mass is 16.5. The zero-order valence-electron chi connectivity index (χ0n) is 21.2. The summed E-state index contributed by atoms with van der Waals surface area (Å²) in [5.41, 5.74) is 5.95. The minimum atomic E-state index is -0.253. The molecule has 2 unspecified atom stereocenters. The molecule has 0 bridgehead atoms. The Kier molecular flexibility index (Phi) is 6.99. The van der Waals surface area contributed by atoms with Crippen LogP contribution in [0.2, 0.25) is 0 Å². The summed E-state index contributed by atoms with van der Waals surface area (Å²) >= 11 is 0. The molecule has 0 radical (unpaired) electrons. The second kappa shape index (κ2) is 10.5. The number of ketones is 1. The van der Waals surface area contributed by atoms with E-state index in [1.807, 2.05) is 49.4 Å². The van der Waals surface area contributed by atoms with Crippen molar-refractivity contribution in [3.8, 4) is 11.5 Å². The smallest absolute Gasteiger partial charge is 0.163 e. The van der Waals surface area contributed by atoms with Crippen LogP contribution in [0, 0.1) is 5.92 Å². The molecule has 5 nitrogen and oxygen atoms in total. The number of rotatable bonds is 7. The van der Waals surface area contributed by atoms with Gasteiger partial charge in [-0.05, 0) is 72.7 Å². The molecule has 1 aliphatic carbocycles. The minimum Gasteiger partial charge on any atom is -0.494 e. The molecule has 2 aliphatic rings. The zero-order chi connectivity index (χ0) is 25.1. The van der Waals surface area contributed by atoms with Crippen molar-refractivity contribution < 1.29 is 14.3 Å². The zero-order valence-corrected chi connectivity index (χ0v) is 21.2. The topological polar surface area (TPSA) is 59.6 Å². The quantitative estimate of drug-likeness (QED) is 0.376. The van der Waals surface area contributed by atoms with E-state index in [2.05, 4.69) is 54.8 Å². The van der Waals surface area contributed by atoms with Crippen molar-refractivity contribution >= 4 is 17.2 Å². The van der Waals surface area contributed by atoms with Gasteiger partial charge in [0.25, 0.3) is 0 Å². The molecule has 186 valence electrons. The number of hydrogen-bond acceptors (Lipinski definition) is 5. The monoisotopic (exact) mass is 482 g/mol. The average molecular weight is 483 g/mol. The summed E-state index contributed by atoms with van der Waals surface area (Å²) in [6.45, 7) is 7.55. The summed E-state index contributed by atoms with van der Waals surface area (Å²) in [4.78, 5) is 13.8. The molecule has 5 heteroatoms. The fraction of sp³-hybridized carbons (Fsp3) is 0.323. The van der Waals surface area contributed by atoms with Crippen molar-refractivity contribution in [2.45, 2.75) is 45.6 Å². The third kappa shape index (κ3) is 5.11. The average Bonchev–Trinajstić information content (AvgIpc) is 3.05. The van der Waals surface area contributed by atoms with Crippen LogP contribution in [0.15, 0.2) is 84.1 Å². The van der Waals surface area contributed by atoms with Gasteiger partial charge in [0, 0.05) is 17.7 Å². The number of Topliss-reactive ketones (excluding diaryl/α,β-unsaturated/α-hetero) is 1. The molecule has 2 N–H and O–H groups in total. The number of fused-ring (bicyclic) bond motifs is 1. The highest BCUT2D eigenvalue weighted by Crippen LogP contribution is 2.44. The Morgan fingerprint density at radius 2 is 1.64 bits per heavy atom. The molecule has 0 saturated carbocycles. The Labute approximate surface area is 213 Å². The van der Waals surface area contributed by atoms with Gasteiger partial charge in [0.2, 0.25) is 0 Å². The van der Waals surface area contributed by atoms with Gasteiger partial charge in [-0.1, -0.05) is 50.2 Å². The van der Waals surface area contributed by atoms with Gasteiger partial charge in [0.15, 0.2) is 5.78 Å². The van der Waals surface area contributed by atoms with Gasteiger partial charge >= 0.3 is 0 Å². The van der Waals surface area contributed by atoms with E-state index in [4.69, 9.17) is 9.47 Å². The third-order valence-corrected chi connectivity index (χ3v) is 6.75. The van der Waals surface area contributed by atoms with Crippen molar-refractivity contribution in [3.05, 3.63) is 95.2 Å². The number of hydrogen-bond donors (Lipinski definition) is 2. The van der Waals surface area contributed by atoms with E-state index in [0.717, 1.165) is 51.7 Å². The molecule has 0 amide bonds. The predicted octanol–water partition coefficient (Wildman–Crippen LogP) is 7.10. The number of allylic oxidation sites excluding steroid dienone is 1. The summed E-state index contributed by atoms with van der Waals surface area (Å²) < 4.78 is 11.6. The summed E-state index contributed by atoms with van der Waals surface area (Å²) in [5, 5.41) is 7.26. The Bertz CT molecular complexity index is 1260. The van der Waals surface area contributed by atoms with E-state index in [0.29, 0.717) is 25.6 Å². The molecule has 0 saturated heterocycles. The Morgan fingerprint density at radius 1 is 0.861 bits per heavy atom. The number of para-hydroxylation sites is 2. The minimum absolute atomic E-state index is 0.114. The predicted molar refractivity (Wildman–Crippen MR) is 145 cm³/mol. The van der Waals surface area contributed by atoms with Crippen molar-refractivity contribution in [2.24, 2.45) is 5.92 Å². The van der Waals surface area contributed by atoms with Gasteiger partial charge in [-0.3, -0.25) is 4.79 Å². The standard InChI is InChI=1S/C31H34N2O3/c1-4-35-25-9-7-8-22(16-25)31-30-28(32-26-10-5-6-11-27(26)33-31)17-23(18-29(30)34)21-12-14-24(15-13-21)36-19-20(2)3/h5-16,20,23,31-33H,4,17-19H2,1-3H3. The molecule has 5 rings (SSSR count). The van der Waals surface area contributed by atoms with Gasteiger partial charge in [0.1, 0.15) is 11.5 Å². The largest absolute Gasteiger partial charge is 0.494 e. The van der Waals surface area contributed by atoms with Crippen LogP contribution in [0.25, 0.3) is 0 Å². The Morgan fingerprint density at radius 3 is 2.39 bits per heavy atom. The second-order valence-corrected chi connectivity index (χ2v) is 9.95. The first-order chi connectivity index (χ1) is 17.5. The van der Waals surface area contributed by atoms with Crippen LogP contribution in [0.5, 0.6) is 11.5 Å². The first-order valence-corrected chi connectivity index (χ1v) is 12.9. The number of carbonyl (C=O) groups is 1. The normalized spacial score (nSPS) is 19.1. The molecule has 3 aromatic carbocycles. The Balaban J connectivity index is 1.48. The molecular formula is C31H34N2O3. The lowest BCUT2D eigenvalue weighted by molar-refractivity contribution is -0.116. The highest BCUT2D eigenvalue weighted by molar-refractivity contribution is 6.01. The van der Waals surface area contributed by atoms with E-state index >= 15 is 0 Å². The lowest BCUT2D eigenvalue weighted by Gasteiger charge is -2.30. The molecule has 0 fully saturated rings. The first-order valence-electron chi connectivity index (χ1n) is 12.9. The number of carbonyl (C=O) groups excluding carboxylic acids is 1. The molecule has 0 spiro atoms. The SMILES string of the molecule is CCOc1cccc(C2Nc3ccccc3NC3=C2C(=O)CC(c2ccc(OCC(C)C)cc2)C3)c1. The Hall–Kier alpha value is -3.73. The van der Waals surface area contributed by atoms with E-state index in [1.165, 1.54) is 0 Å². The van der Waals surface area contributed by atoms with Gasteiger partial charge in [-0.15, -0.1) is 0 Å². The highest BCUT2D eigenvalue weighted by Gasteiger charge is 2.36. The van der Waals surface area contributed by atoms with Crippen LogP contribution in [-0.2, 0) is 4.79 Å². The lowest BCUT2D eigenvalue weighted by Crippen LogP contribution is -2.26. The van der Waals surface area contributed by atoms with E-state index < -0.39 is 0 Å². The molecule has 1 aliphatic heterocycles. The molecule has 0 aromatic heterocycles. The van der Waals surface area contributed by atoms with Gasteiger partial charge in [0.05, 0.1) is 30.6 Å². The molecular weight excluding hydrogens is 448 g/mol. The number of nitrogens with one attached hydrogen (secondary N) is 2. The maximum atomic E-state index is 13.8. The van der Waals surface area contributed by atoms with Crippen LogP contribution < -0.4 is 20.1 Å². The second-order valence-electron chi connectivity index (χ2n) is 9.95. The summed E-state index contributed by atoms with van der Waals surface area (Å²) in [5.74, 6) is 2.44. The summed E-state index contributed by atoms with van der Waals surface area (Å²) in [6.07, 6.45) is 1.25. The van der Waals surface area contributed by atoms with Crippen LogP contribution in [-0.4, -0.2) is 19.0 Å². The van der Waals surface area contributed by atoms with Crippen molar-refractivity contribution in [3.63, 3.8) is 0 Å². The molecule has 2 atom stereocenters. The van der Waals surface area contributed by atoms with Crippen molar-refractivity contribution in [2.75, 3.05) is 23.8 Å². The van der Waals surface area contributed by atoms with E-state index in [-0.39, 0.29) is 17.7 Å². The molecule has 36 heavy (non-hydrogen) atoms. The van der Waals surface area contributed by atoms with Crippen molar-refractivity contribution in [1.29, 1.82) is 0 Å². The number of anilines is 2. The third-order valence-electron chi connectivity index (χ3n) is 6.75. The van der Waals surface area contributed by atoms with Crippen LogP contribution in [0.3, 0.4) is 0 Å². The summed E-state index contributed by atoms with van der Waals surface area (Å²) in [7, 11) is 0. The number of ether oxygens (including phenoxy) is 2. The first kappa shape index (κ1) is 24.0. The van der Waals surface area contributed by atoms with Crippen LogP contribution >= 0.6 is 0 Å². The van der Waals surface area contributed by atoms with Gasteiger partial charge in [-0.2, -0.15) is 0 Å². The van der Waals surface area contributed by atoms with E-state index in [1.54, 1.807) is 0 Å². The maximum Gasteiger partial charge on any atom is 0.163 e. The van der Waals surface area contributed by atoms with Gasteiger partial charge in [-0.25, -0.2) is 0 Å². The van der Waals surface area contributed by atoms with Crippen LogP contribution in [0.4, 0.5) is 11.4 Å². The van der Waals surface area contributed by atoms with Gasteiger partial charge < -0.3 is 20.1 Å². The lowest BCUT2D eigenvalue weighted by atomic mass is 9.78. The van der Waals surface area contributed by atoms with Crippen molar-refractivity contribution in [1.82, 2.24) is 0 Å². The molecule has 3 aromatic rings. The summed E-state index contributed by atoms with van der Waals surface area (Å²) in [6, 6.07) is 24.2. The van der Waals surface area contributed by atoms with E-state index in [9.17, 15) is 4.79 Å².